The van der Waals surface area contributed by atoms with E-state index in [9.17, 15) is 14.0 Å². The maximum absolute atomic E-state index is 13.6. The summed E-state index contributed by atoms with van der Waals surface area (Å²) in [4.78, 5) is 27.2. The van der Waals surface area contributed by atoms with Gasteiger partial charge in [0.25, 0.3) is 5.91 Å². The van der Waals surface area contributed by atoms with Crippen LogP contribution in [0, 0.1) is 5.82 Å². The number of ether oxygens (including phenoxy) is 1. The number of hydrogen-bond donors (Lipinski definition) is 2. The second kappa shape index (κ2) is 8.49. The molecule has 3 rings (SSSR count). The van der Waals surface area contributed by atoms with E-state index in [0.29, 0.717) is 16.3 Å². The summed E-state index contributed by atoms with van der Waals surface area (Å²) < 4.78 is 19.2. The van der Waals surface area contributed by atoms with E-state index >= 15 is 0 Å². The summed E-state index contributed by atoms with van der Waals surface area (Å²) in [5, 5.41) is 12.0. The van der Waals surface area contributed by atoms with E-state index < -0.39 is 17.7 Å². The van der Waals surface area contributed by atoms with E-state index in [0.717, 1.165) is 12.3 Å². The van der Waals surface area contributed by atoms with E-state index in [2.05, 4.69) is 10.3 Å². The molecule has 2 aromatic carbocycles. The fourth-order valence-electron chi connectivity index (χ4n) is 2.36. The van der Waals surface area contributed by atoms with Gasteiger partial charge in [0.2, 0.25) is 5.88 Å². The first-order valence-electron chi connectivity index (χ1n) is 8.12. The summed E-state index contributed by atoms with van der Waals surface area (Å²) in [6.45, 7) is 0.117. The number of halogens is 2. The van der Waals surface area contributed by atoms with Gasteiger partial charge < -0.3 is 15.2 Å². The van der Waals surface area contributed by atoms with Gasteiger partial charge in [0.15, 0.2) is 0 Å². The zero-order valence-electron chi connectivity index (χ0n) is 14.4. The highest BCUT2D eigenvalue weighted by atomic mass is 35.5. The Labute approximate surface area is 164 Å². The van der Waals surface area contributed by atoms with Crippen molar-refractivity contribution in [3.63, 3.8) is 0 Å². The van der Waals surface area contributed by atoms with Gasteiger partial charge in [0, 0.05) is 11.6 Å². The molecule has 1 heterocycles. The molecule has 0 saturated heterocycles. The minimum absolute atomic E-state index is 0.0672. The van der Waals surface area contributed by atoms with Crippen molar-refractivity contribution in [1.82, 2.24) is 10.3 Å². The van der Waals surface area contributed by atoms with Gasteiger partial charge in [0.1, 0.15) is 17.1 Å². The summed E-state index contributed by atoms with van der Waals surface area (Å²) in [6.07, 6.45) is 0.946. The zero-order chi connectivity index (χ0) is 20.1. The van der Waals surface area contributed by atoms with Crippen molar-refractivity contribution in [1.29, 1.82) is 0 Å². The lowest BCUT2D eigenvalue weighted by atomic mass is 10.1. The van der Waals surface area contributed by atoms with Crippen LogP contribution in [0.25, 0.3) is 0 Å². The van der Waals surface area contributed by atoms with E-state index in [-0.39, 0.29) is 23.6 Å². The largest absolute Gasteiger partial charge is 0.478 e. The number of rotatable bonds is 6. The van der Waals surface area contributed by atoms with Crippen LogP contribution in [0.15, 0.2) is 60.8 Å². The SMILES string of the molecule is O=C(O)c1ccc(CNC(=O)c2cc(F)cnc2Oc2cccc(Cl)c2)cc1. The molecule has 1 amide bonds. The highest BCUT2D eigenvalue weighted by Crippen LogP contribution is 2.26. The Morgan fingerprint density at radius 3 is 2.57 bits per heavy atom. The Hall–Kier alpha value is -3.45. The molecule has 0 fully saturated rings. The van der Waals surface area contributed by atoms with Gasteiger partial charge in [-0.1, -0.05) is 29.8 Å². The van der Waals surface area contributed by atoms with Gasteiger partial charge in [-0.2, -0.15) is 0 Å². The van der Waals surface area contributed by atoms with Crippen LogP contribution in [0.4, 0.5) is 4.39 Å². The predicted molar refractivity (Wildman–Crippen MR) is 100 cm³/mol. The fourth-order valence-corrected chi connectivity index (χ4v) is 2.54. The van der Waals surface area contributed by atoms with E-state index in [1.807, 2.05) is 0 Å². The van der Waals surface area contributed by atoms with Crippen molar-refractivity contribution < 1.29 is 23.8 Å². The van der Waals surface area contributed by atoms with Crippen LogP contribution >= 0.6 is 11.6 Å². The van der Waals surface area contributed by atoms with Gasteiger partial charge >= 0.3 is 5.97 Å². The molecular weight excluding hydrogens is 387 g/mol. The zero-order valence-corrected chi connectivity index (χ0v) is 15.1. The highest BCUT2D eigenvalue weighted by molar-refractivity contribution is 6.30. The molecule has 1 aromatic heterocycles. The maximum Gasteiger partial charge on any atom is 0.335 e. The molecule has 8 heteroatoms. The molecule has 0 bridgehead atoms. The van der Waals surface area contributed by atoms with E-state index in [4.69, 9.17) is 21.4 Å². The smallest absolute Gasteiger partial charge is 0.335 e. The molecular formula is C20H14ClFN2O4. The lowest BCUT2D eigenvalue weighted by molar-refractivity contribution is 0.0696. The van der Waals surface area contributed by atoms with Crippen LogP contribution in [-0.2, 0) is 6.54 Å². The summed E-state index contributed by atoms with van der Waals surface area (Å²) >= 11 is 5.91. The fraction of sp³-hybridized carbons (Fsp3) is 0.0500. The average Bonchev–Trinajstić information content (AvgIpc) is 2.68. The number of nitrogens with zero attached hydrogens (tertiary/aromatic N) is 1. The lowest BCUT2D eigenvalue weighted by Gasteiger charge is -2.11. The Morgan fingerprint density at radius 2 is 1.89 bits per heavy atom. The summed E-state index contributed by atoms with van der Waals surface area (Å²) in [6, 6.07) is 13.5. The number of hydrogen-bond acceptors (Lipinski definition) is 4. The summed E-state index contributed by atoms with van der Waals surface area (Å²) in [5.41, 5.74) is 0.740. The topological polar surface area (TPSA) is 88.5 Å². The number of amides is 1. The molecule has 28 heavy (non-hydrogen) atoms. The van der Waals surface area contributed by atoms with E-state index in [1.54, 1.807) is 30.3 Å². The highest BCUT2D eigenvalue weighted by Gasteiger charge is 2.16. The molecule has 0 saturated carbocycles. The molecule has 3 aromatic rings. The van der Waals surface area contributed by atoms with Crippen molar-refractivity contribution >= 4 is 23.5 Å². The van der Waals surface area contributed by atoms with E-state index in [1.165, 1.54) is 18.2 Å². The van der Waals surface area contributed by atoms with Crippen molar-refractivity contribution in [2.45, 2.75) is 6.54 Å². The van der Waals surface area contributed by atoms with Gasteiger partial charge in [-0.3, -0.25) is 4.79 Å². The number of nitrogens with one attached hydrogen (secondary N) is 1. The molecule has 0 atom stereocenters. The van der Waals surface area contributed by atoms with Gasteiger partial charge in [-0.15, -0.1) is 0 Å². The molecule has 0 unspecified atom stereocenters. The number of carboxylic acids is 1. The van der Waals surface area contributed by atoms with Gasteiger partial charge in [0.05, 0.1) is 11.8 Å². The number of pyridine rings is 1. The van der Waals surface area contributed by atoms with Crippen molar-refractivity contribution in [2.24, 2.45) is 0 Å². The number of aromatic nitrogens is 1. The Bertz CT molecular complexity index is 1020. The molecule has 0 aliphatic heterocycles. The molecule has 0 spiro atoms. The number of carbonyl (C=O) groups excluding carboxylic acids is 1. The Kier molecular flexibility index (Phi) is 5.86. The lowest BCUT2D eigenvalue weighted by Crippen LogP contribution is -2.23. The number of aromatic carboxylic acids is 1. The van der Waals surface area contributed by atoms with Crippen LogP contribution in [0.3, 0.4) is 0 Å². The number of carbonyl (C=O) groups is 2. The van der Waals surface area contributed by atoms with Crippen LogP contribution in [0.2, 0.25) is 5.02 Å². The molecule has 2 N–H and O–H groups in total. The molecule has 0 radical (unpaired) electrons. The predicted octanol–water partition coefficient (Wildman–Crippen LogP) is 4.29. The number of carboxylic acid groups (broad SMARTS) is 1. The first-order valence-corrected chi connectivity index (χ1v) is 8.49. The first kappa shape index (κ1) is 19.3. The average molecular weight is 401 g/mol. The Balaban J connectivity index is 1.75. The second-order valence-electron chi connectivity index (χ2n) is 5.75. The monoisotopic (exact) mass is 400 g/mol. The third kappa shape index (κ3) is 4.83. The summed E-state index contributed by atoms with van der Waals surface area (Å²) in [7, 11) is 0. The van der Waals surface area contributed by atoms with Gasteiger partial charge in [-0.25, -0.2) is 14.2 Å². The maximum atomic E-state index is 13.6. The molecule has 6 nitrogen and oxygen atoms in total. The third-order valence-corrected chi connectivity index (χ3v) is 3.96. The van der Waals surface area contributed by atoms with Gasteiger partial charge in [-0.05, 0) is 42.0 Å². The van der Waals surface area contributed by atoms with Crippen molar-refractivity contribution in [2.75, 3.05) is 0 Å². The third-order valence-electron chi connectivity index (χ3n) is 3.73. The van der Waals surface area contributed by atoms with Crippen LogP contribution in [-0.4, -0.2) is 22.0 Å². The normalized spacial score (nSPS) is 10.4. The number of benzene rings is 2. The van der Waals surface area contributed by atoms with Crippen LogP contribution in [0.5, 0.6) is 11.6 Å². The van der Waals surface area contributed by atoms with Crippen LogP contribution in [0.1, 0.15) is 26.3 Å². The van der Waals surface area contributed by atoms with Crippen LogP contribution < -0.4 is 10.1 Å². The van der Waals surface area contributed by atoms with Crippen molar-refractivity contribution in [3.05, 3.63) is 88.3 Å². The standard InChI is InChI=1S/C20H14ClFN2O4/c21-14-2-1-3-16(8-14)28-19-17(9-15(22)11-24-19)18(25)23-10-12-4-6-13(7-5-12)20(26)27/h1-9,11H,10H2,(H,23,25)(H,26,27). The second-order valence-corrected chi connectivity index (χ2v) is 6.19. The molecule has 0 aliphatic carbocycles. The summed E-state index contributed by atoms with van der Waals surface area (Å²) in [5.74, 6) is -2.03. The first-order chi connectivity index (χ1) is 13.4. The molecule has 0 aliphatic rings. The minimum atomic E-state index is -1.04. The minimum Gasteiger partial charge on any atom is -0.478 e. The quantitative estimate of drug-likeness (QED) is 0.644. The molecule has 142 valence electrons. The Morgan fingerprint density at radius 1 is 1.14 bits per heavy atom. The van der Waals surface area contributed by atoms with Crippen molar-refractivity contribution in [3.8, 4) is 11.6 Å².